The van der Waals surface area contributed by atoms with Crippen LogP contribution in [0.3, 0.4) is 0 Å². The van der Waals surface area contributed by atoms with Gasteiger partial charge in [-0.3, -0.25) is 4.79 Å². The van der Waals surface area contributed by atoms with Crippen LogP contribution in [-0.4, -0.2) is 4.57 Å². The zero-order valence-corrected chi connectivity index (χ0v) is 11.8. The van der Waals surface area contributed by atoms with Crippen molar-refractivity contribution in [3.05, 3.63) is 69.5 Å². The van der Waals surface area contributed by atoms with Crippen molar-refractivity contribution >= 4 is 11.6 Å². The molecule has 0 aliphatic carbocycles. The van der Waals surface area contributed by atoms with Crippen LogP contribution in [0.25, 0.3) is 11.3 Å². The highest BCUT2D eigenvalue weighted by Crippen LogP contribution is 2.21. The standard InChI is InChI=1S/C16H13ClN2O/c1-11(2)10-19-15(8-5-13(9-18)16(19)20)12-3-6-14(17)7-4-12/h3-8H,1,10H2,2H3. The summed E-state index contributed by atoms with van der Waals surface area (Å²) in [4.78, 5) is 12.3. The summed E-state index contributed by atoms with van der Waals surface area (Å²) in [6.45, 7) is 6.06. The average Bonchev–Trinajstić information content (AvgIpc) is 2.42. The van der Waals surface area contributed by atoms with Gasteiger partial charge >= 0.3 is 0 Å². The smallest absolute Gasteiger partial charge is 0.269 e. The highest BCUT2D eigenvalue weighted by atomic mass is 35.5. The molecule has 0 fully saturated rings. The Kier molecular flexibility index (Phi) is 4.07. The zero-order chi connectivity index (χ0) is 14.7. The summed E-state index contributed by atoms with van der Waals surface area (Å²) >= 11 is 5.88. The first-order valence-electron chi connectivity index (χ1n) is 6.07. The summed E-state index contributed by atoms with van der Waals surface area (Å²) in [6, 6.07) is 12.5. The number of nitrogens with zero attached hydrogens (tertiary/aromatic N) is 2. The van der Waals surface area contributed by atoms with Crippen LogP contribution in [0.4, 0.5) is 0 Å². The molecule has 2 rings (SSSR count). The minimum atomic E-state index is -0.303. The van der Waals surface area contributed by atoms with Crippen molar-refractivity contribution < 1.29 is 0 Å². The van der Waals surface area contributed by atoms with Gasteiger partial charge in [0.2, 0.25) is 0 Å². The van der Waals surface area contributed by atoms with Crippen molar-refractivity contribution in [3.8, 4) is 17.3 Å². The molecule has 0 aliphatic heterocycles. The summed E-state index contributed by atoms with van der Waals surface area (Å²) in [5.41, 5.74) is 2.29. The minimum absolute atomic E-state index is 0.129. The molecule has 1 heterocycles. The molecule has 0 saturated heterocycles. The molecule has 0 N–H and O–H groups in total. The van der Waals surface area contributed by atoms with Crippen LogP contribution in [0.1, 0.15) is 12.5 Å². The van der Waals surface area contributed by atoms with Crippen LogP contribution >= 0.6 is 11.6 Å². The van der Waals surface area contributed by atoms with Crippen LogP contribution in [0.15, 0.2) is 53.3 Å². The number of pyridine rings is 1. The Balaban J connectivity index is 2.67. The highest BCUT2D eigenvalue weighted by Gasteiger charge is 2.10. The Labute approximate surface area is 122 Å². The third-order valence-electron chi connectivity index (χ3n) is 2.86. The van der Waals surface area contributed by atoms with E-state index in [1.165, 1.54) is 0 Å². The normalized spacial score (nSPS) is 10.1. The van der Waals surface area contributed by atoms with E-state index in [1.54, 1.807) is 28.8 Å². The first kappa shape index (κ1) is 14.1. The lowest BCUT2D eigenvalue weighted by Crippen LogP contribution is -2.24. The van der Waals surface area contributed by atoms with Gasteiger partial charge in [-0.2, -0.15) is 5.26 Å². The quantitative estimate of drug-likeness (QED) is 0.808. The number of halogens is 1. The molecular formula is C16H13ClN2O. The van der Waals surface area contributed by atoms with Gasteiger partial charge in [-0.15, -0.1) is 0 Å². The number of nitriles is 1. The van der Waals surface area contributed by atoms with Gasteiger partial charge < -0.3 is 4.57 Å². The lowest BCUT2D eigenvalue weighted by atomic mass is 10.1. The number of allylic oxidation sites excluding steroid dienone is 1. The third kappa shape index (κ3) is 2.81. The molecule has 0 aliphatic rings. The molecule has 2 aromatic rings. The largest absolute Gasteiger partial charge is 0.303 e. The van der Waals surface area contributed by atoms with E-state index in [9.17, 15) is 4.79 Å². The summed E-state index contributed by atoms with van der Waals surface area (Å²) in [6.07, 6.45) is 0. The molecule has 0 amide bonds. The molecule has 0 unspecified atom stereocenters. The van der Waals surface area contributed by atoms with Gasteiger partial charge in [-0.1, -0.05) is 35.9 Å². The van der Waals surface area contributed by atoms with Gasteiger partial charge in [0, 0.05) is 11.6 Å². The van der Waals surface area contributed by atoms with Crippen LogP contribution in [0, 0.1) is 11.3 Å². The van der Waals surface area contributed by atoms with Crippen LogP contribution in [-0.2, 0) is 6.54 Å². The summed E-state index contributed by atoms with van der Waals surface area (Å²) < 4.78 is 1.56. The monoisotopic (exact) mass is 284 g/mol. The fraction of sp³-hybridized carbons (Fsp3) is 0.125. The second-order valence-corrected chi connectivity index (χ2v) is 5.04. The predicted octanol–water partition coefficient (Wildman–Crippen LogP) is 3.62. The molecule has 1 aromatic heterocycles. The van der Waals surface area contributed by atoms with Crippen LogP contribution in [0.2, 0.25) is 5.02 Å². The van der Waals surface area contributed by atoms with Gasteiger partial charge in [-0.25, -0.2) is 0 Å². The third-order valence-corrected chi connectivity index (χ3v) is 3.11. The average molecular weight is 285 g/mol. The minimum Gasteiger partial charge on any atom is -0.303 e. The molecule has 1 aromatic carbocycles. The number of rotatable bonds is 3. The van der Waals surface area contributed by atoms with Gasteiger partial charge in [0.05, 0.1) is 5.69 Å². The maximum atomic E-state index is 12.3. The molecule has 0 radical (unpaired) electrons. The molecule has 4 heteroatoms. The number of hydrogen-bond acceptors (Lipinski definition) is 2. The van der Waals surface area contributed by atoms with E-state index in [1.807, 2.05) is 25.1 Å². The number of benzene rings is 1. The van der Waals surface area contributed by atoms with Crippen molar-refractivity contribution in [2.24, 2.45) is 0 Å². The molecule has 100 valence electrons. The fourth-order valence-corrected chi connectivity index (χ4v) is 2.09. The Hall–Kier alpha value is -2.31. The first-order valence-corrected chi connectivity index (χ1v) is 6.45. The van der Waals surface area contributed by atoms with E-state index >= 15 is 0 Å². The van der Waals surface area contributed by atoms with Crippen LogP contribution < -0.4 is 5.56 Å². The molecule has 20 heavy (non-hydrogen) atoms. The summed E-state index contributed by atoms with van der Waals surface area (Å²) in [7, 11) is 0. The predicted molar refractivity (Wildman–Crippen MR) is 80.7 cm³/mol. The van der Waals surface area contributed by atoms with E-state index in [0.29, 0.717) is 11.6 Å². The molecule has 0 bridgehead atoms. The van der Waals surface area contributed by atoms with Crippen LogP contribution in [0.5, 0.6) is 0 Å². The maximum absolute atomic E-state index is 12.3. The lowest BCUT2D eigenvalue weighted by molar-refractivity contribution is 0.755. The zero-order valence-electron chi connectivity index (χ0n) is 11.1. The molecule has 0 spiro atoms. The Morgan fingerprint density at radius 2 is 1.95 bits per heavy atom. The van der Waals surface area contributed by atoms with E-state index in [-0.39, 0.29) is 11.1 Å². The Bertz CT molecular complexity index is 752. The molecule has 3 nitrogen and oxygen atoms in total. The second-order valence-electron chi connectivity index (χ2n) is 4.60. The molecule has 0 atom stereocenters. The Morgan fingerprint density at radius 1 is 1.30 bits per heavy atom. The van der Waals surface area contributed by atoms with E-state index in [4.69, 9.17) is 16.9 Å². The Morgan fingerprint density at radius 3 is 2.50 bits per heavy atom. The van der Waals surface area contributed by atoms with Crippen molar-refractivity contribution in [2.75, 3.05) is 0 Å². The van der Waals surface area contributed by atoms with Gasteiger partial charge in [0.1, 0.15) is 11.6 Å². The lowest BCUT2D eigenvalue weighted by Gasteiger charge is -2.13. The van der Waals surface area contributed by atoms with Crippen molar-refractivity contribution in [3.63, 3.8) is 0 Å². The fourth-order valence-electron chi connectivity index (χ4n) is 1.96. The van der Waals surface area contributed by atoms with Gasteiger partial charge in [0.15, 0.2) is 0 Å². The van der Waals surface area contributed by atoms with Gasteiger partial charge in [-0.05, 0) is 36.8 Å². The highest BCUT2D eigenvalue weighted by molar-refractivity contribution is 6.30. The number of hydrogen-bond donors (Lipinski definition) is 0. The summed E-state index contributed by atoms with van der Waals surface area (Å²) in [5, 5.41) is 9.61. The second kappa shape index (κ2) is 5.77. The van der Waals surface area contributed by atoms with E-state index in [0.717, 1.165) is 16.8 Å². The van der Waals surface area contributed by atoms with E-state index in [2.05, 4.69) is 6.58 Å². The van der Waals surface area contributed by atoms with Crippen molar-refractivity contribution in [1.29, 1.82) is 5.26 Å². The van der Waals surface area contributed by atoms with Gasteiger partial charge in [0.25, 0.3) is 5.56 Å². The maximum Gasteiger partial charge on any atom is 0.269 e. The first-order chi connectivity index (χ1) is 9.52. The number of aromatic nitrogens is 1. The van der Waals surface area contributed by atoms with Crippen molar-refractivity contribution in [1.82, 2.24) is 4.57 Å². The molecule has 0 saturated carbocycles. The van der Waals surface area contributed by atoms with E-state index < -0.39 is 0 Å². The topological polar surface area (TPSA) is 45.8 Å². The van der Waals surface area contributed by atoms with Crippen molar-refractivity contribution in [2.45, 2.75) is 13.5 Å². The summed E-state index contributed by atoms with van der Waals surface area (Å²) in [5.74, 6) is 0. The SMILES string of the molecule is C=C(C)Cn1c(-c2ccc(Cl)cc2)ccc(C#N)c1=O. The molecular weight excluding hydrogens is 272 g/mol.